The van der Waals surface area contributed by atoms with Gasteiger partial charge in [-0.3, -0.25) is 4.98 Å². The van der Waals surface area contributed by atoms with E-state index in [1.165, 1.54) is 21.7 Å². The molecule has 2 aromatic carbocycles. The summed E-state index contributed by atoms with van der Waals surface area (Å²) in [5.74, 6) is 0. The van der Waals surface area contributed by atoms with Crippen LogP contribution < -0.4 is 0 Å². The molecule has 0 bridgehead atoms. The molecule has 0 saturated heterocycles. The molecule has 0 saturated carbocycles. The van der Waals surface area contributed by atoms with E-state index in [1.807, 2.05) is 0 Å². The molecule has 0 aliphatic heterocycles. The molecule has 0 aliphatic rings. The molecule has 1 heterocycles. The fourth-order valence-corrected chi connectivity index (χ4v) is 2.26. The number of pyridine rings is 1. The maximum absolute atomic E-state index is 4.76. The molecule has 3 aromatic rings. The van der Waals surface area contributed by atoms with E-state index in [2.05, 4.69) is 56.3 Å². The van der Waals surface area contributed by atoms with E-state index in [1.54, 1.807) is 0 Å². The fraction of sp³-hybridized carbons (Fsp3) is 0.188. The Labute approximate surface area is 101 Å². The standard InChI is InChI=1S/C16H15N/c1-3-14-9-8-13-7-6-12-5-4-11(2)10-15(12)16(13)17-14/h4-10H,3H2,1-2H3. The van der Waals surface area contributed by atoms with Crippen molar-refractivity contribution < 1.29 is 0 Å². The molecule has 17 heavy (non-hydrogen) atoms. The summed E-state index contributed by atoms with van der Waals surface area (Å²) in [7, 11) is 0. The zero-order chi connectivity index (χ0) is 11.8. The molecular formula is C16H15N. The van der Waals surface area contributed by atoms with Crippen molar-refractivity contribution >= 4 is 21.7 Å². The van der Waals surface area contributed by atoms with E-state index in [4.69, 9.17) is 4.98 Å². The van der Waals surface area contributed by atoms with Gasteiger partial charge in [0.2, 0.25) is 0 Å². The number of hydrogen-bond acceptors (Lipinski definition) is 1. The molecule has 3 rings (SSSR count). The third-order valence-electron chi connectivity index (χ3n) is 3.25. The van der Waals surface area contributed by atoms with Crippen LogP contribution in [-0.4, -0.2) is 4.98 Å². The van der Waals surface area contributed by atoms with Crippen molar-refractivity contribution in [2.24, 2.45) is 0 Å². The van der Waals surface area contributed by atoms with E-state index in [0.29, 0.717) is 0 Å². The monoisotopic (exact) mass is 221 g/mol. The minimum Gasteiger partial charge on any atom is -0.252 e. The lowest BCUT2D eigenvalue weighted by molar-refractivity contribution is 1.06. The van der Waals surface area contributed by atoms with Crippen LogP contribution in [0.1, 0.15) is 18.2 Å². The SMILES string of the molecule is CCc1ccc2ccc3ccc(C)cc3c2n1. The number of aromatic nitrogens is 1. The number of aryl methyl sites for hydroxylation is 2. The largest absolute Gasteiger partial charge is 0.252 e. The summed E-state index contributed by atoms with van der Waals surface area (Å²) in [6.07, 6.45) is 0.984. The Morgan fingerprint density at radius 2 is 1.65 bits per heavy atom. The van der Waals surface area contributed by atoms with Crippen LogP contribution in [0.5, 0.6) is 0 Å². The van der Waals surface area contributed by atoms with Gasteiger partial charge in [-0.2, -0.15) is 0 Å². The zero-order valence-electron chi connectivity index (χ0n) is 10.2. The predicted molar refractivity (Wildman–Crippen MR) is 73.4 cm³/mol. The highest BCUT2D eigenvalue weighted by molar-refractivity contribution is 6.05. The van der Waals surface area contributed by atoms with Crippen molar-refractivity contribution in [3.63, 3.8) is 0 Å². The van der Waals surface area contributed by atoms with E-state index >= 15 is 0 Å². The number of benzene rings is 2. The molecule has 1 heteroatoms. The Morgan fingerprint density at radius 3 is 2.47 bits per heavy atom. The van der Waals surface area contributed by atoms with Gasteiger partial charge in [0.1, 0.15) is 0 Å². The lowest BCUT2D eigenvalue weighted by Gasteiger charge is -2.05. The summed E-state index contributed by atoms with van der Waals surface area (Å²) in [4.78, 5) is 4.76. The summed E-state index contributed by atoms with van der Waals surface area (Å²) in [5, 5.41) is 3.75. The highest BCUT2D eigenvalue weighted by Crippen LogP contribution is 2.25. The van der Waals surface area contributed by atoms with Crippen LogP contribution in [0.15, 0.2) is 42.5 Å². The first-order valence-corrected chi connectivity index (χ1v) is 6.07. The number of hydrogen-bond donors (Lipinski definition) is 0. The van der Waals surface area contributed by atoms with Gasteiger partial charge in [0.25, 0.3) is 0 Å². The molecule has 0 radical (unpaired) electrons. The van der Waals surface area contributed by atoms with Crippen LogP contribution in [0.3, 0.4) is 0 Å². The average Bonchev–Trinajstić information content (AvgIpc) is 2.38. The molecule has 1 aromatic heterocycles. The van der Waals surface area contributed by atoms with E-state index in [-0.39, 0.29) is 0 Å². The second-order valence-corrected chi connectivity index (χ2v) is 4.52. The van der Waals surface area contributed by atoms with Crippen molar-refractivity contribution in [2.75, 3.05) is 0 Å². The molecule has 0 N–H and O–H groups in total. The van der Waals surface area contributed by atoms with Gasteiger partial charge in [0.05, 0.1) is 5.52 Å². The lowest BCUT2D eigenvalue weighted by atomic mass is 10.0. The van der Waals surface area contributed by atoms with Gasteiger partial charge >= 0.3 is 0 Å². The normalized spacial score (nSPS) is 11.2. The Balaban J connectivity index is 2.47. The van der Waals surface area contributed by atoms with E-state index in [9.17, 15) is 0 Å². The number of rotatable bonds is 1. The van der Waals surface area contributed by atoms with Crippen LogP contribution in [0.2, 0.25) is 0 Å². The molecule has 0 fully saturated rings. The first kappa shape index (κ1) is 10.3. The topological polar surface area (TPSA) is 12.9 Å². The van der Waals surface area contributed by atoms with Crippen LogP contribution in [0.25, 0.3) is 21.7 Å². The second kappa shape index (κ2) is 3.85. The third kappa shape index (κ3) is 1.68. The lowest BCUT2D eigenvalue weighted by Crippen LogP contribution is -1.89. The second-order valence-electron chi connectivity index (χ2n) is 4.52. The van der Waals surface area contributed by atoms with Gasteiger partial charge in [-0.1, -0.05) is 42.8 Å². The molecule has 1 nitrogen and oxygen atoms in total. The van der Waals surface area contributed by atoms with Gasteiger partial charge in [-0.15, -0.1) is 0 Å². The van der Waals surface area contributed by atoms with Gasteiger partial charge in [-0.25, -0.2) is 0 Å². The minimum absolute atomic E-state index is 0.984. The summed E-state index contributed by atoms with van der Waals surface area (Å²) < 4.78 is 0. The average molecular weight is 221 g/mol. The van der Waals surface area contributed by atoms with Crippen LogP contribution >= 0.6 is 0 Å². The molecule has 0 unspecified atom stereocenters. The predicted octanol–water partition coefficient (Wildman–Crippen LogP) is 4.26. The summed E-state index contributed by atoms with van der Waals surface area (Å²) in [5.41, 5.74) is 3.57. The zero-order valence-corrected chi connectivity index (χ0v) is 10.2. The Morgan fingerprint density at radius 1 is 0.941 bits per heavy atom. The number of fused-ring (bicyclic) bond motifs is 3. The molecular weight excluding hydrogens is 206 g/mol. The summed E-state index contributed by atoms with van der Waals surface area (Å²) in [6, 6.07) is 15.2. The highest BCUT2D eigenvalue weighted by atomic mass is 14.7. The molecule has 0 amide bonds. The van der Waals surface area contributed by atoms with Crippen LogP contribution in [0.4, 0.5) is 0 Å². The smallest absolute Gasteiger partial charge is 0.0783 e. The van der Waals surface area contributed by atoms with Crippen molar-refractivity contribution in [1.82, 2.24) is 4.98 Å². The Hall–Kier alpha value is -1.89. The van der Waals surface area contributed by atoms with Crippen LogP contribution in [-0.2, 0) is 6.42 Å². The summed E-state index contributed by atoms with van der Waals surface area (Å²) >= 11 is 0. The highest BCUT2D eigenvalue weighted by Gasteiger charge is 2.03. The quantitative estimate of drug-likeness (QED) is 0.559. The maximum Gasteiger partial charge on any atom is 0.0783 e. The first-order valence-electron chi connectivity index (χ1n) is 6.07. The van der Waals surface area contributed by atoms with Crippen molar-refractivity contribution in [2.45, 2.75) is 20.3 Å². The molecule has 0 atom stereocenters. The maximum atomic E-state index is 4.76. The van der Waals surface area contributed by atoms with Gasteiger partial charge in [0.15, 0.2) is 0 Å². The van der Waals surface area contributed by atoms with Gasteiger partial charge in [0, 0.05) is 16.5 Å². The van der Waals surface area contributed by atoms with Gasteiger partial charge in [-0.05, 0) is 30.9 Å². The molecule has 0 aliphatic carbocycles. The first-order chi connectivity index (χ1) is 8.28. The minimum atomic E-state index is 0.984. The molecule has 84 valence electrons. The van der Waals surface area contributed by atoms with Crippen molar-refractivity contribution in [3.8, 4) is 0 Å². The van der Waals surface area contributed by atoms with Crippen LogP contribution in [0, 0.1) is 6.92 Å². The fourth-order valence-electron chi connectivity index (χ4n) is 2.26. The van der Waals surface area contributed by atoms with Crippen molar-refractivity contribution in [1.29, 1.82) is 0 Å². The third-order valence-corrected chi connectivity index (χ3v) is 3.25. The van der Waals surface area contributed by atoms with E-state index in [0.717, 1.165) is 17.6 Å². The number of nitrogens with zero attached hydrogens (tertiary/aromatic N) is 1. The van der Waals surface area contributed by atoms with E-state index < -0.39 is 0 Å². The Bertz CT molecular complexity index is 698. The molecule has 0 spiro atoms. The van der Waals surface area contributed by atoms with Gasteiger partial charge < -0.3 is 0 Å². The summed E-state index contributed by atoms with van der Waals surface area (Å²) in [6.45, 7) is 4.27. The Kier molecular flexibility index (Phi) is 2.32. The van der Waals surface area contributed by atoms with Crippen molar-refractivity contribution in [3.05, 3.63) is 53.7 Å².